The van der Waals surface area contributed by atoms with Crippen LogP contribution in [-0.4, -0.2) is 55.7 Å². The van der Waals surface area contributed by atoms with Gasteiger partial charge in [-0.3, -0.25) is 0 Å². The fourth-order valence-corrected chi connectivity index (χ4v) is 4.30. The van der Waals surface area contributed by atoms with Crippen molar-refractivity contribution in [1.29, 1.82) is 0 Å². The van der Waals surface area contributed by atoms with Gasteiger partial charge in [-0.15, -0.1) is 0 Å². The molecule has 0 aromatic carbocycles. The predicted molar refractivity (Wildman–Crippen MR) is 66.2 cm³/mol. The summed E-state index contributed by atoms with van der Waals surface area (Å²) >= 11 is 0. The summed E-state index contributed by atoms with van der Waals surface area (Å²) in [5, 5.41) is 0. The van der Waals surface area contributed by atoms with E-state index in [1.54, 1.807) is 0 Å². The number of halogens is 12. The van der Waals surface area contributed by atoms with Crippen LogP contribution in [-0.2, 0) is 59.6 Å². The van der Waals surface area contributed by atoms with Gasteiger partial charge in [0.15, 0.2) is 0 Å². The van der Waals surface area contributed by atoms with E-state index in [-0.39, 0.29) is 19.5 Å². The van der Waals surface area contributed by atoms with Crippen LogP contribution in [0.3, 0.4) is 0 Å². The van der Waals surface area contributed by atoms with E-state index in [1.165, 1.54) is 0 Å². The SMILES string of the molecule is O=S(=O)(NS(=O)(=O)C(F)(F)F)C(F)(F)F.O=S(=O)(NS(=O)(=O)C(F)(F)F)C(F)(F)F.[Zn+2]. The second kappa shape index (κ2) is 9.78. The molecule has 0 fully saturated rings. The van der Waals surface area contributed by atoms with E-state index in [9.17, 15) is 86.4 Å². The molecule has 0 aliphatic carbocycles. The summed E-state index contributed by atoms with van der Waals surface area (Å²) in [5.41, 5.74) is -24.6. The van der Waals surface area contributed by atoms with Crippen LogP contribution >= 0.6 is 0 Å². The number of rotatable bonds is 4. The number of hydrogen-bond acceptors (Lipinski definition) is 8. The molecular formula is C4H2F12N2O8S4Zn+2. The molecule has 0 rings (SSSR count). The fourth-order valence-electron chi connectivity index (χ4n) is 0.478. The van der Waals surface area contributed by atoms with E-state index in [0.717, 1.165) is 0 Å². The molecule has 27 heteroatoms. The third-order valence-corrected chi connectivity index (χ3v) is 7.61. The van der Waals surface area contributed by atoms with E-state index in [4.69, 9.17) is 0 Å². The van der Waals surface area contributed by atoms with Gasteiger partial charge < -0.3 is 0 Å². The van der Waals surface area contributed by atoms with Crippen molar-refractivity contribution in [2.24, 2.45) is 0 Å². The summed E-state index contributed by atoms with van der Waals surface area (Å²) in [6.07, 6.45) is 0. The molecule has 0 amide bonds. The van der Waals surface area contributed by atoms with E-state index in [0.29, 0.717) is 0 Å². The number of nitrogens with one attached hydrogen (secondary N) is 2. The number of alkyl halides is 12. The molecule has 0 bridgehead atoms. The van der Waals surface area contributed by atoms with Crippen molar-refractivity contribution >= 4 is 40.1 Å². The van der Waals surface area contributed by atoms with Crippen molar-refractivity contribution in [3.63, 3.8) is 0 Å². The normalized spacial score (nSPS) is 14.8. The Morgan fingerprint density at radius 3 is 0.516 bits per heavy atom. The van der Waals surface area contributed by atoms with Gasteiger partial charge in [-0.1, -0.05) is 8.25 Å². The molecule has 0 saturated carbocycles. The van der Waals surface area contributed by atoms with Gasteiger partial charge >= 0.3 is 81.6 Å². The predicted octanol–water partition coefficient (Wildman–Crippen LogP) is 0.548. The van der Waals surface area contributed by atoms with Gasteiger partial charge in [0.2, 0.25) is 0 Å². The minimum absolute atomic E-state index is 0. The fraction of sp³-hybridized carbons (Fsp3) is 1.00. The van der Waals surface area contributed by atoms with Crippen LogP contribution in [0.1, 0.15) is 0 Å². The Labute approximate surface area is 176 Å². The van der Waals surface area contributed by atoms with Crippen LogP contribution in [0, 0.1) is 0 Å². The standard InChI is InChI=1S/2C2HF6NO4S2.Zn/c2*3-1(4,5)14(10,11)9-15(12,13)2(6,7)8;/h2*9H;/q;;+2. The Hall–Kier alpha value is -0.497. The monoisotopic (exact) mass is 626 g/mol. The maximum absolute atomic E-state index is 11.5. The molecule has 31 heavy (non-hydrogen) atoms. The first-order valence-electron chi connectivity index (χ1n) is 5.23. The third kappa shape index (κ3) is 9.89. The van der Waals surface area contributed by atoms with Crippen molar-refractivity contribution in [3.05, 3.63) is 0 Å². The van der Waals surface area contributed by atoms with Crippen molar-refractivity contribution in [3.8, 4) is 0 Å². The zero-order valence-electron chi connectivity index (χ0n) is 13.1. The van der Waals surface area contributed by atoms with Crippen molar-refractivity contribution < 1.29 is 106 Å². The van der Waals surface area contributed by atoms with Crippen molar-refractivity contribution in [2.75, 3.05) is 0 Å². The summed E-state index contributed by atoms with van der Waals surface area (Å²) in [7, 11) is -26.4. The van der Waals surface area contributed by atoms with Gasteiger partial charge in [0.1, 0.15) is 0 Å². The van der Waals surface area contributed by atoms with Crippen LogP contribution in [0.2, 0.25) is 0 Å². The molecule has 0 aromatic heterocycles. The molecule has 0 heterocycles. The van der Waals surface area contributed by atoms with Crippen molar-refractivity contribution in [2.45, 2.75) is 22.0 Å². The summed E-state index contributed by atoms with van der Waals surface area (Å²) in [6.45, 7) is 0. The summed E-state index contributed by atoms with van der Waals surface area (Å²) in [4.78, 5) is 0. The topological polar surface area (TPSA) is 161 Å². The quantitative estimate of drug-likeness (QED) is 0.338. The van der Waals surface area contributed by atoms with Gasteiger partial charge in [0.25, 0.3) is 0 Å². The largest absolute Gasteiger partial charge is 2.00 e. The second-order valence-electron chi connectivity index (χ2n) is 3.96. The van der Waals surface area contributed by atoms with Gasteiger partial charge in [0, 0.05) is 0 Å². The van der Waals surface area contributed by atoms with Gasteiger partial charge in [-0.2, -0.15) is 52.7 Å². The van der Waals surface area contributed by atoms with E-state index in [1.807, 2.05) is 0 Å². The Bertz CT molecular complexity index is 862. The maximum Gasteiger partial charge on any atom is 2.00 e. The van der Waals surface area contributed by atoms with E-state index >= 15 is 0 Å². The first-order chi connectivity index (χ1) is 12.4. The molecule has 184 valence electrons. The minimum Gasteiger partial charge on any atom is -0.202 e. The molecule has 0 aliphatic heterocycles. The molecule has 0 aromatic rings. The second-order valence-corrected chi connectivity index (χ2v) is 11.2. The maximum atomic E-state index is 11.5. The number of sulfonamides is 4. The zero-order chi connectivity index (χ0) is 25.4. The van der Waals surface area contributed by atoms with Crippen LogP contribution in [0.15, 0.2) is 0 Å². The van der Waals surface area contributed by atoms with Gasteiger partial charge in [-0.05, 0) is 0 Å². The van der Waals surface area contributed by atoms with Crippen molar-refractivity contribution in [1.82, 2.24) is 8.25 Å². The average molecular weight is 628 g/mol. The summed E-state index contributed by atoms with van der Waals surface area (Å²) in [6, 6.07) is 0. The Kier molecular flexibility index (Phi) is 11.1. The first kappa shape index (κ1) is 35.1. The molecule has 2 N–H and O–H groups in total. The zero-order valence-corrected chi connectivity index (χ0v) is 19.4. The summed E-state index contributed by atoms with van der Waals surface area (Å²) in [5.74, 6) is 0. The smallest absolute Gasteiger partial charge is 0.202 e. The van der Waals surface area contributed by atoms with Gasteiger partial charge in [0.05, 0.1) is 0 Å². The van der Waals surface area contributed by atoms with Crippen LogP contribution in [0.5, 0.6) is 0 Å². The molecular weight excluding hydrogens is 626 g/mol. The molecule has 0 saturated heterocycles. The molecule has 0 radical (unpaired) electrons. The Morgan fingerprint density at radius 2 is 0.452 bits per heavy atom. The van der Waals surface area contributed by atoms with E-state index in [2.05, 4.69) is 0 Å². The molecule has 0 unspecified atom stereocenters. The Balaban J connectivity index is -0.000000490. The van der Waals surface area contributed by atoms with Crippen LogP contribution < -0.4 is 8.25 Å². The third-order valence-electron chi connectivity index (χ3n) is 1.66. The molecule has 0 atom stereocenters. The number of hydrogen-bond donors (Lipinski definition) is 2. The Morgan fingerprint density at radius 1 is 0.355 bits per heavy atom. The molecule has 10 nitrogen and oxygen atoms in total. The van der Waals surface area contributed by atoms with Crippen LogP contribution in [0.4, 0.5) is 52.7 Å². The van der Waals surface area contributed by atoms with E-state index < -0.39 is 70.4 Å². The van der Waals surface area contributed by atoms with Crippen LogP contribution in [0.25, 0.3) is 0 Å². The van der Waals surface area contributed by atoms with Gasteiger partial charge in [-0.25, -0.2) is 33.7 Å². The molecule has 0 spiro atoms. The summed E-state index contributed by atoms with van der Waals surface area (Å²) < 4.78 is 217. The minimum atomic E-state index is -6.60. The average Bonchev–Trinajstić information content (AvgIpc) is 2.30. The molecule has 0 aliphatic rings. The first-order valence-corrected chi connectivity index (χ1v) is 11.2.